The number of hydrogen-bond acceptors (Lipinski definition) is 4. The van der Waals surface area contributed by atoms with Gasteiger partial charge in [0.1, 0.15) is 5.82 Å². The molecule has 128 valence electrons. The van der Waals surface area contributed by atoms with Gasteiger partial charge < -0.3 is 15.0 Å². The van der Waals surface area contributed by atoms with Crippen molar-refractivity contribution in [3.63, 3.8) is 0 Å². The number of imidazole rings is 1. The van der Waals surface area contributed by atoms with Crippen LogP contribution in [0.25, 0.3) is 0 Å². The van der Waals surface area contributed by atoms with Crippen molar-refractivity contribution in [1.82, 2.24) is 20.2 Å². The Balaban J connectivity index is 1.56. The smallest absolute Gasteiger partial charge is 0.220 e. The fourth-order valence-corrected chi connectivity index (χ4v) is 2.99. The fourth-order valence-electron chi connectivity index (χ4n) is 2.99. The Bertz CT molecular complexity index is 609. The lowest BCUT2D eigenvalue weighted by Gasteiger charge is -2.35. The van der Waals surface area contributed by atoms with Gasteiger partial charge in [-0.2, -0.15) is 0 Å². The Labute approximate surface area is 142 Å². The first-order chi connectivity index (χ1) is 11.8. The Morgan fingerprint density at radius 2 is 2.08 bits per heavy atom. The lowest BCUT2D eigenvalue weighted by atomic mass is 10.0. The van der Waals surface area contributed by atoms with Crippen LogP contribution in [0.15, 0.2) is 42.7 Å². The summed E-state index contributed by atoms with van der Waals surface area (Å²) in [5.41, 5.74) is 1.23. The molecule has 2 N–H and O–H groups in total. The van der Waals surface area contributed by atoms with Crippen molar-refractivity contribution in [2.75, 3.05) is 32.8 Å². The van der Waals surface area contributed by atoms with Crippen LogP contribution in [0.1, 0.15) is 23.9 Å². The molecule has 0 radical (unpaired) electrons. The van der Waals surface area contributed by atoms with Crippen molar-refractivity contribution < 1.29 is 9.53 Å². The molecule has 1 aromatic heterocycles. The van der Waals surface area contributed by atoms with Crippen molar-refractivity contribution in [3.05, 3.63) is 54.1 Å². The fraction of sp³-hybridized carbons (Fsp3) is 0.444. The summed E-state index contributed by atoms with van der Waals surface area (Å²) >= 11 is 0. The first kappa shape index (κ1) is 16.7. The van der Waals surface area contributed by atoms with Gasteiger partial charge in [-0.05, 0) is 5.56 Å². The highest BCUT2D eigenvalue weighted by Gasteiger charge is 2.22. The molecule has 1 atom stereocenters. The minimum absolute atomic E-state index is 0.0561. The van der Waals surface area contributed by atoms with Crippen LogP contribution >= 0.6 is 0 Å². The number of carbonyl (C=O) groups is 1. The summed E-state index contributed by atoms with van der Waals surface area (Å²) in [5.74, 6) is 0.901. The molecule has 1 fully saturated rings. The first-order valence-corrected chi connectivity index (χ1v) is 8.44. The third-order valence-corrected chi connectivity index (χ3v) is 4.31. The van der Waals surface area contributed by atoms with Gasteiger partial charge in [0.05, 0.1) is 19.3 Å². The van der Waals surface area contributed by atoms with Gasteiger partial charge in [0, 0.05) is 44.9 Å². The summed E-state index contributed by atoms with van der Waals surface area (Å²) in [6.45, 7) is 3.89. The maximum atomic E-state index is 12.2. The number of aromatic amines is 1. The van der Waals surface area contributed by atoms with Crippen molar-refractivity contribution >= 4 is 5.91 Å². The second-order valence-electron chi connectivity index (χ2n) is 5.91. The Morgan fingerprint density at radius 1 is 1.29 bits per heavy atom. The second-order valence-corrected chi connectivity index (χ2v) is 5.91. The molecular weight excluding hydrogens is 304 g/mol. The van der Waals surface area contributed by atoms with Crippen LogP contribution in [0.2, 0.25) is 0 Å². The third-order valence-electron chi connectivity index (χ3n) is 4.31. The Morgan fingerprint density at radius 3 is 2.79 bits per heavy atom. The monoisotopic (exact) mass is 328 g/mol. The second kappa shape index (κ2) is 8.61. The standard InChI is InChI=1S/C18H24N4O2/c23-18(7-6-17-19-8-9-20-17)21-14-16(15-4-2-1-3-5-15)22-10-12-24-13-11-22/h1-5,8-9,16H,6-7,10-14H2,(H,19,20)(H,21,23). The van der Waals surface area contributed by atoms with Gasteiger partial charge in [-0.15, -0.1) is 0 Å². The van der Waals surface area contributed by atoms with Gasteiger partial charge in [0.2, 0.25) is 5.91 Å². The summed E-state index contributed by atoms with van der Waals surface area (Å²) in [6, 6.07) is 10.5. The minimum atomic E-state index is 0.0561. The molecule has 0 aliphatic carbocycles. The normalized spacial score (nSPS) is 16.7. The molecule has 1 aliphatic rings. The lowest BCUT2D eigenvalue weighted by Crippen LogP contribution is -2.43. The number of hydrogen-bond donors (Lipinski definition) is 2. The molecule has 0 bridgehead atoms. The van der Waals surface area contributed by atoms with Crippen LogP contribution in [-0.4, -0.2) is 53.6 Å². The van der Waals surface area contributed by atoms with E-state index in [1.54, 1.807) is 12.4 Å². The van der Waals surface area contributed by atoms with Gasteiger partial charge >= 0.3 is 0 Å². The SMILES string of the molecule is O=C(CCc1ncc[nH]1)NCC(c1ccccc1)N1CCOCC1. The number of ether oxygens (including phenoxy) is 1. The highest BCUT2D eigenvalue weighted by molar-refractivity contribution is 5.76. The first-order valence-electron chi connectivity index (χ1n) is 8.44. The summed E-state index contributed by atoms with van der Waals surface area (Å²) in [4.78, 5) is 21.7. The van der Waals surface area contributed by atoms with Crippen molar-refractivity contribution in [1.29, 1.82) is 0 Å². The van der Waals surface area contributed by atoms with E-state index in [2.05, 4.69) is 32.3 Å². The van der Waals surface area contributed by atoms with Gasteiger partial charge in [-0.25, -0.2) is 4.98 Å². The molecule has 1 amide bonds. The van der Waals surface area contributed by atoms with E-state index in [9.17, 15) is 4.79 Å². The maximum absolute atomic E-state index is 12.2. The van der Waals surface area contributed by atoms with Crippen LogP contribution in [0.5, 0.6) is 0 Å². The van der Waals surface area contributed by atoms with E-state index < -0.39 is 0 Å². The lowest BCUT2D eigenvalue weighted by molar-refractivity contribution is -0.121. The molecule has 2 heterocycles. The van der Waals surface area contributed by atoms with E-state index in [0.29, 0.717) is 19.4 Å². The van der Waals surface area contributed by atoms with Crippen LogP contribution < -0.4 is 5.32 Å². The molecule has 1 saturated heterocycles. The molecule has 1 aromatic carbocycles. The third kappa shape index (κ3) is 4.66. The maximum Gasteiger partial charge on any atom is 0.220 e. The molecule has 1 unspecified atom stereocenters. The van der Waals surface area contributed by atoms with E-state index in [4.69, 9.17) is 4.74 Å². The summed E-state index contributed by atoms with van der Waals surface area (Å²) in [6.07, 6.45) is 4.55. The van der Waals surface area contributed by atoms with Crippen molar-refractivity contribution in [2.45, 2.75) is 18.9 Å². The van der Waals surface area contributed by atoms with E-state index in [1.807, 2.05) is 18.2 Å². The van der Waals surface area contributed by atoms with Crippen LogP contribution in [0, 0.1) is 0 Å². The molecule has 6 nitrogen and oxygen atoms in total. The molecule has 1 aliphatic heterocycles. The summed E-state index contributed by atoms with van der Waals surface area (Å²) in [7, 11) is 0. The van der Waals surface area contributed by atoms with Crippen molar-refractivity contribution in [2.24, 2.45) is 0 Å². The molecule has 2 aromatic rings. The van der Waals surface area contributed by atoms with Gasteiger partial charge in [-0.3, -0.25) is 9.69 Å². The zero-order valence-electron chi connectivity index (χ0n) is 13.8. The van der Waals surface area contributed by atoms with E-state index in [-0.39, 0.29) is 11.9 Å². The molecule has 24 heavy (non-hydrogen) atoms. The summed E-state index contributed by atoms with van der Waals surface area (Å²) < 4.78 is 5.45. The Kier molecular flexibility index (Phi) is 5.98. The number of nitrogens with zero attached hydrogens (tertiary/aromatic N) is 2. The average Bonchev–Trinajstić information content (AvgIpc) is 3.16. The zero-order chi connectivity index (χ0) is 16.6. The number of morpholine rings is 1. The van der Waals surface area contributed by atoms with Crippen LogP contribution in [0.3, 0.4) is 0 Å². The molecule has 6 heteroatoms. The molecular formula is C18H24N4O2. The number of amides is 1. The average molecular weight is 328 g/mol. The largest absolute Gasteiger partial charge is 0.379 e. The number of benzene rings is 1. The van der Waals surface area contributed by atoms with E-state index in [1.165, 1.54) is 5.56 Å². The number of aryl methyl sites for hydroxylation is 1. The molecule has 0 saturated carbocycles. The number of aromatic nitrogens is 2. The minimum Gasteiger partial charge on any atom is -0.379 e. The molecule has 3 rings (SSSR count). The van der Waals surface area contributed by atoms with E-state index >= 15 is 0 Å². The van der Waals surface area contributed by atoms with Gasteiger partial charge in [0.25, 0.3) is 0 Å². The number of carbonyl (C=O) groups excluding carboxylic acids is 1. The molecule has 0 spiro atoms. The van der Waals surface area contributed by atoms with Gasteiger partial charge in [-0.1, -0.05) is 30.3 Å². The highest BCUT2D eigenvalue weighted by atomic mass is 16.5. The van der Waals surface area contributed by atoms with E-state index in [0.717, 1.165) is 32.1 Å². The highest BCUT2D eigenvalue weighted by Crippen LogP contribution is 2.21. The quantitative estimate of drug-likeness (QED) is 0.809. The Hall–Kier alpha value is -2.18. The summed E-state index contributed by atoms with van der Waals surface area (Å²) in [5, 5.41) is 3.08. The topological polar surface area (TPSA) is 70.2 Å². The zero-order valence-corrected chi connectivity index (χ0v) is 13.8. The number of nitrogens with one attached hydrogen (secondary N) is 2. The van der Waals surface area contributed by atoms with Crippen LogP contribution in [0.4, 0.5) is 0 Å². The van der Waals surface area contributed by atoms with Crippen LogP contribution in [-0.2, 0) is 16.0 Å². The predicted octanol–water partition coefficient (Wildman–Crippen LogP) is 1.53. The van der Waals surface area contributed by atoms with Gasteiger partial charge in [0.15, 0.2) is 0 Å². The van der Waals surface area contributed by atoms with Crippen molar-refractivity contribution in [3.8, 4) is 0 Å². The predicted molar refractivity (Wildman–Crippen MR) is 91.5 cm³/mol. The number of H-pyrrole nitrogens is 1. The number of rotatable bonds is 7.